The van der Waals surface area contributed by atoms with E-state index in [-0.39, 0.29) is 30.0 Å². The summed E-state index contributed by atoms with van der Waals surface area (Å²) in [5.74, 6) is 0. The molecule has 96 valence electrons. The highest BCUT2D eigenvalue weighted by molar-refractivity contribution is 5.68. The van der Waals surface area contributed by atoms with Crippen LogP contribution in [0.1, 0.15) is 12.6 Å². The molecule has 0 unspecified atom stereocenters. The fourth-order valence-corrected chi connectivity index (χ4v) is 2.17. The molecule has 1 saturated heterocycles. The molecule has 18 heavy (non-hydrogen) atoms. The fourth-order valence-electron chi connectivity index (χ4n) is 2.17. The maximum absolute atomic E-state index is 11.5. The van der Waals surface area contributed by atoms with Gasteiger partial charge in [-0.2, -0.15) is 0 Å². The van der Waals surface area contributed by atoms with Gasteiger partial charge in [0.15, 0.2) is 11.2 Å². The molecule has 0 aliphatic carbocycles. The van der Waals surface area contributed by atoms with E-state index >= 15 is 0 Å². The zero-order valence-electron chi connectivity index (χ0n) is 9.48. The van der Waals surface area contributed by atoms with Crippen LogP contribution in [0.4, 0.5) is 0 Å². The molecular weight excluding hydrogens is 238 g/mol. The molecule has 0 spiro atoms. The van der Waals surface area contributed by atoms with Crippen molar-refractivity contribution in [2.24, 2.45) is 5.73 Å². The zero-order chi connectivity index (χ0) is 12.7. The number of ether oxygens (including phenoxy) is 1. The summed E-state index contributed by atoms with van der Waals surface area (Å²) in [7, 11) is 0. The van der Waals surface area contributed by atoms with E-state index in [1.54, 1.807) is 4.57 Å². The van der Waals surface area contributed by atoms with E-state index in [2.05, 4.69) is 15.0 Å². The van der Waals surface area contributed by atoms with Gasteiger partial charge in [-0.15, -0.1) is 0 Å². The van der Waals surface area contributed by atoms with Gasteiger partial charge >= 0.3 is 0 Å². The number of aromatic nitrogens is 4. The highest BCUT2D eigenvalue weighted by Crippen LogP contribution is 2.28. The van der Waals surface area contributed by atoms with Crippen LogP contribution in [0.3, 0.4) is 0 Å². The van der Waals surface area contributed by atoms with Gasteiger partial charge in [0, 0.05) is 12.5 Å². The van der Waals surface area contributed by atoms with Gasteiger partial charge in [0.05, 0.1) is 25.4 Å². The summed E-state index contributed by atoms with van der Waals surface area (Å²) in [6, 6.07) is -0.237. The van der Waals surface area contributed by atoms with Crippen molar-refractivity contribution in [1.82, 2.24) is 19.5 Å². The third kappa shape index (κ3) is 1.62. The number of nitrogens with two attached hydrogens (primary N) is 1. The van der Waals surface area contributed by atoms with E-state index < -0.39 is 6.10 Å². The Morgan fingerprint density at radius 2 is 2.44 bits per heavy atom. The topological polar surface area (TPSA) is 119 Å². The maximum Gasteiger partial charge on any atom is 0.278 e. The van der Waals surface area contributed by atoms with Crippen LogP contribution in [-0.4, -0.2) is 43.4 Å². The number of hydrogen-bond donors (Lipinski definition) is 3. The number of aliphatic hydroxyl groups excluding tert-OH is 1. The average Bonchev–Trinajstić information content (AvgIpc) is 2.93. The minimum absolute atomic E-state index is 0.127. The molecule has 1 aliphatic heterocycles. The molecule has 8 nitrogen and oxygen atoms in total. The molecule has 0 bridgehead atoms. The predicted molar refractivity (Wildman–Crippen MR) is 61.7 cm³/mol. The van der Waals surface area contributed by atoms with Gasteiger partial charge in [-0.05, 0) is 0 Å². The van der Waals surface area contributed by atoms with Crippen molar-refractivity contribution < 1.29 is 9.84 Å². The Bertz CT molecular complexity index is 621. The van der Waals surface area contributed by atoms with Gasteiger partial charge in [0.2, 0.25) is 0 Å². The molecule has 0 saturated carbocycles. The van der Waals surface area contributed by atoms with Crippen LogP contribution >= 0.6 is 0 Å². The first-order valence-corrected chi connectivity index (χ1v) is 5.63. The number of nitrogens with zero attached hydrogens (tertiary/aromatic N) is 3. The van der Waals surface area contributed by atoms with Crippen molar-refractivity contribution >= 4 is 11.2 Å². The lowest BCUT2D eigenvalue weighted by Gasteiger charge is -2.13. The minimum Gasteiger partial charge on any atom is -0.394 e. The molecule has 1 aliphatic rings. The second-order valence-electron chi connectivity index (χ2n) is 4.27. The first-order chi connectivity index (χ1) is 8.70. The van der Waals surface area contributed by atoms with Crippen LogP contribution in [0.25, 0.3) is 11.2 Å². The Labute approximate surface area is 101 Å². The maximum atomic E-state index is 11.5. The minimum atomic E-state index is -0.394. The first kappa shape index (κ1) is 11.3. The zero-order valence-corrected chi connectivity index (χ0v) is 9.48. The standard InChI is InChI=1S/C10H13N5O3/c11-5-1-7(18-6(5)2-16)15-4-14-8-9(15)12-3-13-10(8)17/h3-7,16H,1-2,11H2,(H,12,13,17)/t5-,6-,7-/m1/s1. The number of imidazole rings is 1. The van der Waals surface area contributed by atoms with Gasteiger partial charge in [-0.3, -0.25) is 9.36 Å². The first-order valence-electron chi connectivity index (χ1n) is 5.63. The Balaban J connectivity index is 2.01. The number of nitrogens with one attached hydrogen (secondary N) is 1. The van der Waals surface area contributed by atoms with E-state index in [1.807, 2.05) is 0 Å². The number of aromatic amines is 1. The molecule has 2 aromatic rings. The van der Waals surface area contributed by atoms with E-state index in [0.29, 0.717) is 12.1 Å². The molecular formula is C10H13N5O3. The van der Waals surface area contributed by atoms with E-state index in [4.69, 9.17) is 15.6 Å². The monoisotopic (exact) mass is 251 g/mol. The normalized spacial score (nSPS) is 28.0. The Morgan fingerprint density at radius 1 is 1.61 bits per heavy atom. The lowest BCUT2D eigenvalue weighted by Crippen LogP contribution is -2.32. The van der Waals surface area contributed by atoms with Gasteiger partial charge in [0.25, 0.3) is 5.56 Å². The third-order valence-corrected chi connectivity index (χ3v) is 3.14. The molecule has 0 aromatic carbocycles. The molecule has 2 aromatic heterocycles. The van der Waals surface area contributed by atoms with Crippen LogP contribution in [0.15, 0.2) is 17.4 Å². The second kappa shape index (κ2) is 4.16. The molecule has 0 radical (unpaired) electrons. The van der Waals surface area contributed by atoms with Crippen LogP contribution in [0, 0.1) is 0 Å². The molecule has 3 heterocycles. The third-order valence-electron chi connectivity index (χ3n) is 3.14. The van der Waals surface area contributed by atoms with Gasteiger partial charge in [-0.25, -0.2) is 9.97 Å². The lowest BCUT2D eigenvalue weighted by molar-refractivity contribution is -0.0233. The number of H-pyrrole nitrogens is 1. The molecule has 4 N–H and O–H groups in total. The molecule has 3 rings (SSSR count). The number of hydrogen-bond acceptors (Lipinski definition) is 6. The van der Waals surface area contributed by atoms with Crippen molar-refractivity contribution in [3.8, 4) is 0 Å². The van der Waals surface area contributed by atoms with Crippen LogP contribution < -0.4 is 11.3 Å². The van der Waals surface area contributed by atoms with Gasteiger partial charge in [-0.1, -0.05) is 0 Å². The van der Waals surface area contributed by atoms with E-state index in [9.17, 15) is 4.79 Å². The summed E-state index contributed by atoms with van der Waals surface area (Å²) in [6.45, 7) is -0.127. The average molecular weight is 251 g/mol. The second-order valence-corrected chi connectivity index (χ2v) is 4.27. The molecule has 0 amide bonds. The highest BCUT2D eigenvalue weighted by atomic mass is 16.5. The van der Waals surface area contributed by atoms with Crippen molar-refractivity contribution in [3.05, 3.63) is 23.0 Å². The van der Waals surface area contributed by atoms with Crippen LogP contribution in [0.2, 0.25) is 0 Å². The summed E-state index contributed by atoms with van der Waals surface area (Å²) in [4.78, 5) is 22.1. The smallest absolute Gasteiger partial charge is 0.278 e. The Morgan fingerprint density at radius 3 is 3.17 bits per heavy atom. The Kier molecular flexibility index (Phi) is 2.62. The SMILES string of the molecule is N[C@@H]1C[C@H](n2cnc3c(=O)[nH]cnc32)O[C@@H]1CO. The predicted octanol–water partition coefficient (Wildman–Crippen LogP) is -1.27. The van der Waals surface area contributed by atoms with E-state index in [0.717, 1.165) is 0 Å². The molecule has 1 fully saturated rings. The summed E-state index contributed by atoms with van der Waals surface area (Å²) in [5.41, 5.74) is 6.28. The van der Waals surface area contributed by atoms with Crippen molar-refractivity contribution in [1.29, 1.82) is 0 Å². The van der Waals surface area contributed by atoms with Crippen molar-refractivity contribution in [3.63, 3.8) is 0 Å². The lowest BCUT2D eigenvalue weighted by atomic mass is 10.1. The summed E-state index contributed by atoms with van der Waals surface area (Å²) >= 11 is 0. The number of rotatable bonds is 2. The number of fused-ring (bicyclic) bond motifs is 1. The summed E-state index contributed by atoms with van der Waals surface area (Å²) < 4.78 is 7.28. The van der Waals surface area contributed by atoms with Crippen LogP contribution in [-0.2, 0) is 4.74 Å². The summed E-state index contributed by atoms with van der Waals surface area (Å²) in [6.07, 6.45) is 2.63. The molecule has 8 heteroatoms. The Hall–Kier alpha value is -1.77. The van der Waals surface area contributed by atoms with Gasteiger partial charge < -0.3 is 20.6 Å². The summed E-state index contributed by atoms with van der Waals surface area (Å²) in [5, 5.41) is 9.11. The quantitative estimate of drug-likeness (QED) is 0.612. The highest BCUT2D eigenvalue weighted by Gasteiger charge is 2.34. The molecule has 3 atom stereocenters. The largest absolute Gasteiger partial charge is 0.394 e. The van der Waals surface area contributed by atoms with Crippen molar-refractivity contribution in [2.75, 3.05) is 6.61 Å². The van der Waals surface area contributed by atoms with Gasteiger partial charge in [0.1, 0.15) is 6.23 Å². The number of aliphatic hydroxyl groups is 1. The van der Waals surface area contributed by atoms with E-state index in [1.165, 1.54) is 12.7 Å². The van der Waals surface area contributed by atoms with Crippen molar-refractivity contribution in [2.45, 2.75) is 24.8 Å². The van der Waals surface area contributed by atoms with Crippen LogP contribution in [0.5, 0.6) is 0 Å². The fraction of sp³-hybridized carbons (Fsp3) is 0.500.